The van der Waals surface area contributed by atoms with Crippen LogP contribution in [0.25, 0.3) is 0 Å². The fourth-order valence-electron chi connectivity index (χ4n) is 2.17. The van der Waals surface area contributed by atoms with Gasteiger partial charge in [0.05, 0.1) is 5.60 Å². The van der Waals surface area contributed by atoms with Gasteiger partial charge in [0.15, 0.2) is 0 Å². The van der Waals surface area contributed by atoms with Crippen molar-refractivity contribution in [2.45, 2.75) is 59.0 Å². The highest BCUT2D eigenvalue weighted by Gasteiger charge is 2.18. The Balaban J connectivity index is 2.79. The Labute approximate surface area is 100 Å². The number of allylic oxidation sites excluding steroid dienone is 3. The van der Waals surface area contributed by atoms with Crippen molar-refractivity contribution >= 4 is 0 Å². The summed E-state index contributed by atoms with van der Waals surface area (Å²) >= 11 is 0. The van der Waals surface area contributed by atoms with Crippen molar-refractivity contribution in [1.29, 1.82) is 0 Å². The van der Waals surface area contributed by atoms with Crippen LogP contribution in [-0.4, -0.2) is 10.7 Å². The van der Waals surface area contributed by atoms with Gasteiger partial charge in [-0.15, -0.1) is 0 Å². The highest BCUT2D eigenvalue weighted by atomic mass is 16.3. The molecule has 1 heteroatoms. The molecular weight excluding hydrogens is 196 g/mol. The maximum absolute atomic E-state index is 10.2. The van der Waals surface area contributed by atoms with Crippen LogP contribution in [-0.2, 0) is 0 Å². The van der Waals surface area contributed by atoms with E-state index in [4.69, 9.17) is 0 Å². The predicted octanol–water partition coefficient (Wildman–Crippen LogP) is 4.09. The molecule has 0 amide bonds. The summed E-state index contributed by atoms with van der Waals surface area (Å²) in [6.07, 6.45) is 10.7. The lowest BCUT2D eigenvalue weighted by Crippen LogP contribution is -2.21. The van der Waals surface area contributed by atoms with Crippen molar-refractivity contribution in [3.63, 3.8) is 0 Å². The second kappa shape index (κ2) is 5.67. The Kier molecular flexibility index (Phi) is 4.79. The zero-order valence-corrected chi connectivity index (χ0v) is 11.2. The third-order valence-electron chi connectivity index (χ3n) is 3.57. The van der Waals surface area contributed by atoms with E-state index in [0.717, 1.165) is 12.8 Å². The standard InChI is InChI=1S/C15H26O/c1-12(2)14-8-7-13(3)6-5-10-15(4,16)11-9-14/h6,9,11-12,14,16H,5,7-8,10H2,1-4H3/b11-9+,13-6+/t14-,15-/m1/s1. The Hall–Kier alpha value is -0.560. The van der Waals surface area contributed by atoms with Gasteiger partial charge in [0.25, 0.3) is 0 Å². The summed E-state index contributed by atoms with van der Waals surface area (Å²) in [5.41, 5.74) is 0.832. The molecule has 0 bridgehead atoms. The Bertz CT molecular complexity index is 271. The molecule has 0 aliphatic heterocycles. The van der Waals surface area contributed by atoms with E-state index in [1.807, 2.05) is 13.0 Å². The molecule has 2 atom stereocenters. The van der Waals surface area contributed by atoms with Gasteiger partial charge in [-0.25, -0.2) is 0 Å². The quantitative estimate of drug-likeness (QED) is 0.663. The minimum Gasteiger partial charge on any atom is -0.386 e. The summed E-state index contributed by atoms with van der Waals surface area (Å²) in [7, 11) is 0. The summed E-state index contributed by atoms with van der Waals surface area (Å²) in [5.74, 6) is 1.24. The molecule has 0 unspecified atom stereocenters. The van der Waals surface area contributed by atoms with Crippen LogP contribution >= 0.6 is 0 Å². The second-order valence-electron chi connectivity index (χ2n) is 5.75. The zero-order chi connectivity index (χ0) is 12.2. The Morgan fingerprint density at radius 3 is 2.75 bits per heavy atom. The van der Waals surface area contributed by atoms with Gasteiger partial charge in [0, 0.05) is 0 Å². The Morgan fingerprint density at radius 2 is 2.12 bits per heavy atom. The molecule has 0 aromatic carbocycles. The van der Waals surface area contributed by atoms with E-state index >= 15 is 0 Å². The average Bonchev–Trinajstić information content (AvgIpc) is 2.16. The molecule has 0 saturated carbocycles. The molecule has 16 heavy (non-hydrogen) atoms. The topological polar surface area (TPSA) is 20.2 Å². The minimum atomic E-state index is -0.638. The molecule has 1 nitrogen and oxygen atoms in total. The molecule has 1 aliphatic rings. The maximum Gasteiger partial charge on any atom is 0.0802 e. The lowest BCUT2D eigenvalue weighted by Gasteiger charge is -2.23. The first-order valence-electron chi connectivity index (χ1n) is 6.48. The van der Waals surface area contributed by atoms with E-state index in [-0.39, 0.29) is 0 Å². The number of hydrogen-bond acceptors (Lipinski definition) is 1. The van der Waals surface area contributed by atoms with E-state index in [1.54, 1.807) is 0 Å². The van der Waals surface area contributed by atoms with Gasteiger partial charge in [-0.2, -0.15) is 0 Å². The minimum absolute atomic E-state index is 0.591. The molecule has 0 aromatic heterocycles. The fourth-order valence-corrected chi connectivity index (χ4v) is 2.17. The van der Waals surface area contributed by atoms with Crippen LogP contribution in [0.4, 0.5) is 0 Å². The lowest BCUT2D eigenvalue weighted by molar-refractivity contribution is 0.102. The van der Waals surface area contributed by atoms with Gasteiger partial charge < -0.3 is 5.11 Å². The van der Waals surface area contributed by atoms with Gasteiger partial charge >= 0.3 is 0 Å². The average molecular weight is 222 g/mol. The van der Waals surface area contributed by atoms with E-state index in [1.165, 1.54) is 18.4 Å². The third-order valence-corrected chi connectivity index (χ3v) is 3.57. The van der Waals surface area contributed by atoms with Crippen molar-refractivity contribution in [2.24, 2.45) is 11.8 Å². The molecule has 92 valence electrons. The fraction of sp³-hybridized carbons (Fsp3) is 0.733. The summed E-state index contributed by atoms with van der Waals surface area (Å²) in [5, 5.41) is 10.2. The van der Waals surface area contributed by atoms with Crippen molar-refractivity contribution < 1.29 is 5.11 Å². The molecule has 0 aromatic rings. The van der Waals surface area contributed by atoms with Crippen LogP contribution in [0.1, 0.15) is 53.4 Å². The molecule has 0 saturated heterocycles. The first kappa shape index (κ1) is 13.5. The van der Waals surface area contributed by atoms with Crippen LogP contribution in [0.3, 0.4) is 0 Å². The summed E-state index contributed by atoms with van der Waals surface area (Å²) in [6, 6.07) is 0. The molecule has 0 radical (unpaired) electrons. The van der Waals surface area contributed by atoms with Crippen LogP contribution in [0.5, 0.6) is 0 Å². The molecule has 0 heterocycles. The highest BCUT2D eigenvalue weighted by molar-refractivity contribution is 5.07. The third kappa shape index (κ3) is 4.52. The van der Waals surface area contributed by atoms with Gasteiger partial charge in [-0.1, -0.05) is 37.6 Å². The highest BCUT2D eigenvalue weighted by Crippen LogP contribution is 2.25. The monoisotopic (exact) mass is 222 g/mol. The van der Waals surface area contributed by atoms with E-state index in [2.05, 4.69) is 32.9 Å². The number of rotatable bonds is 1. The molecule has 1 rings (SSSR count). The molecular formula is C15H26O. The normalized spacial score (nSPS) is 37.9. The zero-order valence-electron chi connectivity index (χ0n) is 11.2. The van der Waals surface area contributed by atoms with Gasteiger partial charge in [-0.3, -0.25) is 0 Å². The van der Waals surface area contributed by atoms with Crippen molar-refractivity contribution in [3.8, 4) is 0 Å². The van der Waals surface area contributed by atoms with Crippen LogP contribution in [0.15, 0.2) is 23.8 Å². The smallest absolute Gasteiger partial charge is 0.0802 e. The molecule has 0 fully saturated rings. The first-order chi connectivity index (χ1) is 7.41. The summed E-state index contributed by atoms with van der Waals surface area (Å²) < 4.78 is 0. The SMILES string of the molecule is C/C1=C\CC[C@@](C)(O)/C=C/[C@H](C(C)C)CC1. The first-order valence-corrected chi connectivity index (χ1v) is 6.48. The van der Waals surface area contributed by atoms with E-state index in [9.17, 15) is 5.11 Å². The van der Waals surface area contributed by atoms with E-state index in [0.29, 0.717) is 11.8 Å². The molecule has 1 aliphatic carbocycles. The van der Waals surface area contributed by atoms with Gasteiger partial charge in [-0.05, 0) is 51.4 Å². The van der Waals surface area contributed by atoms with E-state index < -0.39 is 5.60 Å². The summed E-state index contributed by atoms with van der Waals surface area (Å²) in [4.78, 5) is 0. The number of hydrogen-bond donors (Lipinski definition) is 1. The maximum atomic E-state index is 10.2. The summed E-state index contributed by atoms with van der Waals surface area (Å²) in [6.45, 7) is 8.63. The largest absolute Gasteiger partial charge is 0.386 e. The number of aliphatic hydroxyl groups is 1. The molecule has 0 spiro atoms. The molecule has 1 N–H and O–H groups in total. The van der Waals surface area contributed by atoms with Crippen molar-refractivity contribution in [1.82, 2.24) is 0 Å². The van der Waals surface area contributed by atoms with Crippen molar-refractivity contribution in [3.05, 3.63) is 23.8 Å². The van der Waals surface area contributed by atoms with Crippen LogP contribution < -0.4 is 0 Å². The van der Waals surface area contributed by atoms with Gasteiger partial charge in [0.2, 0.25) is 0 Å². The van der Waals surface area contributed by atoms with Crippen LogP contribution in [0, 0.1) is 11.8 Å². The predicted molar refractivity (Wildman–Crippen MR) is 70.3 cm³/mol. The van der Waals surface area contributed by atoms with Gasteiger partial charge in [0.1, 0.15) is 0 Å². The second-order valence-corrected chi connectivity index (χ2v) is 5.75. The van der Waals surface area contributed by atoms with Crippen LogP contribution in [0.2, 0.25) is 0 Å². The Morgan fingerprint density at radius 1 is 1.44 bits per heavy atom. The lowest BCUT2D eigenvalue weighted by atomic mass is 9.86. The van der Waals surface area contributed by atoms with Crippen molar-refractivity contribution in [2.75, 3.05) is 0 Å².